The van der Waals surface area contributed by atoms with E-state index in [4.69, 9.17) is 10.5 Å². The number of methoxy groups -OCH3 is 1. The van der Waals surface area contributed by atoms with Gasteiger partial charge in [-0.1, -0.05) is 6.07 Å². The summed E-state index contributed by atoms with van der Waals surface area (Å²) in [6.45, 7) is 1.90. The minimum Gasteiger partial charge on any atom is -0.496 e. The van der Waals surface area contributed by atoms with E-state index in [-0.39, 0.29) is 11.9 Å². The molecule has 7 nitrogen and oxygen atoms in total. The van der Waals surface area contributed by atoms with Crippen LogP contribution in [0.2, 0.25) is 0 Å². The molecule has 2 aliphatic rings. The standard InChI is InChI=1S/C22H26N4O3/c1-13-18(4-3-5-19(13)29-2)22(28)25-15-10-16-7-8-17(11-15)26(16)20-9-6-14(12-24-20)21(23)27/h3-6,9,12,15-17H,7-8,10-11H2,1-2H3,(H2,23,27)(H,25,28)/t15-,16+,17-. The number of hydrogen-bond acceptors (Lipinski definition) is 5. The van der Waals surface area contributed by atoms with E-state index < -0.39 is 5.91 Å². The number of pyridine rings is 1. The molecule has 1 aromatic heterocycles. The lowest BCUT2D eigenvalue weighted by Gasteiger charge is -2.40. The SMILES string of the molecule is COc1cccc(C(=O)N[C@H]2C[C@H]3CC[C@@H](C2)N3c2ccc(C(N)=O)cn2)c1C. The van der Waals surface area contributed by atoms with E-state index in [1.54, 1.807) is 13.2 Å². The number of aromatic nitrogens is 1. The molecule has 1 aromatic carbocycles. The maximum absolute atomic E-state index is 12.9. The number of nitrogens with zero attached hydrogens (tertiary/aromatic N) is 2. The molecule has 3 heterocycles. The number of amides is 2. The third kappa shape index (κ3) is 3.64. The molecule has 2 aromatic rings. The lowest BCUT2D eigenvalue weighted by Crippen LogP contribution is -2.50. The zero-order valence-electron chi connectivity index (χ0n) is 16.7. The van der Waals surface area contributed by atoms with Crippen molar-refractivity contribution in [2.75, 3.05) is 12.0 Å². The average molecular weight is 394 g/mol. The molecule has 2 aliphatic heterocycles. The van der Waals surface area contributed by atoms with Gasteiger partial charge in [0.2, 0.25) is 5.91 Å². The molecule has 7 heteroatoms. The van der Waals surface area contributed by atoms with Gasteiger partial charge in [-0.2, -0.15) is 0 Å². The highest BCUT2D eigenvalue weighted by molar-refractivity contribution is 5.96. The number of ether oxygens (including phenoxy) is 1. The first kappa shape index (κ1) is 19.2. The second kappa shape index (κ2) is 7.73. The van der Waals surface area contributed by atoms with E-state index in [1.807, 2.05) is 31.2 Å². The maximum atomic E-state index is 12.9. The van der Waals surface area contributed by atoms with Crippen molar-refractivity contribution in [3.63, 3.8) is 0 Å². The Hall–Kier alpha value is -3.09. The summed E-state index contributed by atoms with van der Waals surface area (Å²) in [4.78, 5) is 30.9. The molecule has 0 aliphatic carbocycles. The van der Waals surface area contributed by atoms with Crippen LogP contribution in [0.15, 0.2) is 36.5 Å². The van der Waals surface area contributed by atoms with Gasteiger partial charge in [-0.05, 0) is 56.9 Å². The van der Waals surface area contributed by atoms with Gasteiger partial charge in [0.05, 0.1) is 12.7 Å². The fourth-order valence-electron chi connectivity index (χ4n) is 4.70. The first-order chi connectivity index (χ1) is 14.0. The lowest BCUT2D eigenvalue weighted by molar-refractivity contribution is 0.0925. The molecule has 152 valence electrons. The van der Waals surface area contributed by atoms with Crippen LogP contribution in [0.5, 0.6) is 5.75 Å². The first-order valence-corrected chi connectivity index (χ1v) is 9.96. The molecule has 2 saturated heterocycles. The van der Waals surface area contributed by atoms with Gasteiger partial charge in [-0.25, -0.2) is 4.98 Å². The van der Waals surface area contributed by atoms with Crippen molar-refractivity contribution in [2.24, 2.45) is 5.73 Å². The molecular weight excluding hydrogens is 368 g/mol. The largest absolute Gasteiger partial charge is 0.496 e. The van der Waals surface area contributed by atoms with Gasteiger partial charge in [-0.15, -0.1) is 0 Å². The summed E-state index contributed by atoms with van der Waals surface area (Å²) in [6, 6.07) is 9.92. The Kier molecular flexibility index (Phi) is 5.13. The summed E-state index contributed by atoms with van der Waals surface area (Å²) in [5.41, 5.74) is 7.23. The summed E-state index contributed by atoms with van der Waals surface area (Å²) < 4.78 is 5.33. The van der Waals surface area contributed by atoms with Crippen molar-refractivity contribution in [3.05, 3.63) is 53.2 Å². The van der Waals surface area contributed by atoms with Gasteiger partial charge in [0, 0.05) is 35.4 Å². The molecule has 3 N–H and O–H groups in total. The van der Waals surface area contributed by atoms with Gasteiger partial charge in [-0.3, -0.25) is 9.59 Å². The van der Waals surface area contributed by atoms with Crippen LogP contribution in [-0.2, 0) is 0 Å². The Morgan fingerprint density at radius 3 is 2.48 bits per heavy atom. The molecule has 0 radical (unpaired) electrons. The van der Waals surface area contributed by atoms with Gasteiger partial charge in [0.1, 0.15) is 11.6 Å². The predicted octanol–water partition coefficient (Wildman–Crippen LogP) is 2.43. The maximum Gasteiger partial charge on any atom is 0.251 e. The summed E-state index contributed by atoms with van der Waals surface area (Å²) in [5, 5.41) is 3.22. The zero-order valence-corrected chi connectivity index (χ0v) is 16.7. The Labute approximate surface area is 170 Å². The number of anilines is 1. The summed E-state index contributed by atoms with van der Waals surface area (Å²) in [7, 11) is 1.61. The topological polar surface area (TPSA) is 97.5 Å². The molecular formula is C22H26N4O3. The molecule has 2 bridgehead atoms. The summed E-state index contributed by atoms with van der Waals surface area (Å²) in [5.74, 6) is 1.07. The summed E-state index contributed by atoms with van der Waals surface area (Å²) in [6.07, 6.45) is 5.45. The third-order valence-electron chi connectivity index (χ3n) is 6.11. The minimum absolute atomic E-state index is 0.0526. The molecule has 0 saturated carbocycles. The van der Waals surface area contributed by atoms with Crippen LogP contribution >= 0.6 is 0 Å². The van der Waals surface area contributed by atoms with E-state index in [2.05, 4.69) is 15.2 Å². The van der Waals surface area contributed by atoms with Crippen molar-refractivity contribution in [2.45, 2.75) is 50.7 Å². The molecule has 4 rings (SSSR count). The fraction of sp³-hybridized carbons (Fsp3) is 0.409. The first-order valence-electron chi connectivity index (χ1n) is 9.96. The Morgan fingerprint density at radius 2 is 1.90 bits per heavy atom. The summed E-state index contributed by atoms with van der Waals surface area (Å²) >= 11 is 0. The van der Waals surface area contributed by atoms with Crippen LogP contribution in [0, 0.1) is 6.92 Å². The van der Waals surface area contributed by atoms with E-state index in [1.165, 1.54) is 6.20 Å². The van der Waals surface area contributed by atoms with Crippen LogP contribution in [0.1, 0.15) is 52.0 Å². The molecule has 2 fully saturated rings. The van der Waals surface area contributed by atoms with Gasteiger partial charge in [0.25, 0.3) is 5.91 Å². The van der Waals surface area contributed by atoms with Crippen LogP contribution in [0.4, 0.5) is 5.82 Å². The monoisotopic (exact) mass is 394 g/mol. The van der Waals surface area contributed by atoms with Gasteiger partial charge >= 0.3 is 0 Å². The van der Waals surface area contributed by atoms with Crippen LogP contribution in [0.3, 0.4) is 0 Å². The second-order valence-corrected chi connectivity index (χ2v) is 7.84. The Balaban J connectivity index is 1.45. The third-order valence-corrected chi connectivity index (χ3v) is 6.11. The van der Waals surface area contributed by atoms with E-state index in [0.717, 1.165) is 42.8 Å². The van der Waals surface area contributed by atoms with Crippen molar-refractivity contribution in [1.82, 2.24) is 10.3 Å². The van der Waals surface area contributed by atoms with E-state index >= 15 is 0 Å². The number of carbonyl (C=O) groups excluding carboxylic acids is 2. The van der Waals surface area contributed by atoms with Crippen molar-refractivity contribution >= 4 is 17.6 Å². The van der Waals surface area contributed by atoms with Crippen molar-refractivity contribution in [1.29, 1.82) is 0 Å². The smallest absolute Gasteiger partial charge is 0.251 e. The van der Waals surface area contributed by atoms with Crippen LogP contribution < -0.4 is 20.7 Å². The van der Waals surface area contributed by atoms with Gasteiger partial charge in [0.15, 0.2) is 0 Å². The number of primary amides is 1. The number of fused-ring (bicyclic) bond motifs is 2. The Bertz CT molecular complexity index is 914. The normalized spacial score (nSPS) is 23.0. The highest BCUT2D eigenvalue weighted by Crippen LogP contribution is 2.38. The number of rotatable bonds is 5. The number of hydrogen-bond donors (Lipinski definition) is 2. The van der Waals surface area contributed by atoms with Gasteiger partial charge < -0.3 is 20.7 Å². The van der Waals surface area contributed by atoms with E-state index in [9.17, 15) is 9.59 Å². The molecule has 0 unspecified atom stereocenters. The molecule has 3 atom stereocenters. The molecule has 29 heavy (non-hydrogen) atoms. The number of nitrogens with two attached hydrogens (primary N) is 1. The predicted molar refractivity (Wildman–Crippen MR) is 110 cm³/mol. The van der Waals surface area contributed by atoms with E-state index in [0.29, 0.717) is 23.2 Å². The quantitative estimate of drug-likeness (QED) is 0.812. The number of carbonyl (C=O) groups is 2. The second-order valence-electron chi connectivity index (χ2n) is 7.84. The minimum atomic E-state index is -0.471. The van der Waals surface area contributed by atoms with Crippen molar-refractivity contribution < 1.29 is 14.3 Å². The number of benzene rings is 1. The lowest BCUT2D eigenvalue weighted by atomic mass is 9.96. The zero-order chi connectivity index (χ0) is 20.5. The molecule has 2 amide bonds. The molecule has 0 spiro atoms. The van der Waals surface area contributed by atoms with Crippen LogP contribution in [0.25, 0.3) is 0 Å². The highest BCUT2D eigenvalue weighted by Gasteiger charge is 2.41. The number of piperidine rings is 1. The highest BCUT2D eigenvalue weighted by atomic mass is 16.5. The number of nitrogens with one attached hydrogen (secondary N) is 1. The Morgan fingerprint density at radius 1 is 1.17 bits per heavy atom. The average Bonchev–Trinajstić information content (AvgIpc) is 2.98. The fourth-order valence-corrected chi connectivity index (χ4v) is 4.70. The van der Waals surface area contributed by atoms with Crippen molar-refractivity contribution in [3.8, 4) is 5.75 Å². The van der Waals surface area contributed by atoms with Crippen LogP contribution in [-0.4, -0.2) is 42.0 Å².